The summed E-state index contributed by atoms with van der Waals surface area (Å²) in [5.41, 5.74) is 2.24. The van der Waals surface area contributed by atoms with Crippen molar-refractivity contribution in [1.29, 1.82) is 0 Å². The van der Waals surface area contributed by atoms with Gasteiger partial charge in [0.15, 0.2) is 0 Å². The Morgan fingerprint density at radius 1 is 1.04 bits per heavy atom. The maximum Gasteiger partial charge on any atom is 0.273 e. The second-order valence-corrected chi connectivity index (χ2v) is 7.54. The molecule has 0 radical (unpaired) electrons. The van der Waals surface area contributed by atoms with Gasteiger partial charge < -0.3 is 9.80 Å². The van der Waals surface area contributed by atoms with Gasteiger partial charge >= 0.3 is 0 Å². The van der Waals surface area contributed by atoms with Crippen molar-refractivity contribution in [3.63, 3.8) is 0 Å². The van der Waals surface area contributed by atoms with Gasteiger partial charge in [0.1, 0.15) is 16.5 Å². The molecule has 0 saturated carbocycles. The molecule has 0 aliphatic carbocycles. The molecule has 0 atom stereocenters. The number of anilines is 1. The van der Waals surface area contributed by atoms with Gasteiger partial charge in [-0.15, -0.1) is 11.3 Å². The van der Waals surface area contributed by atoms with Crippen molar-refractivity contribution in [3.05, 3.63) is 70.4 Å². The average Bonchev–Trinajstić information content (AvgIpc) is 3.19. The highest BCUT2D eigenvalue weighted by atomic mass is 35.5. The lowest BCUT2D eigenvalue weighted by molar-refractivity contribution is 0.0742. The topological polar surface area (TPSA) is 36.4 Å². The number of halogens is 2. The maximum absolute atomic E-state index is 13.1. The predicted molar refractivity (Wildman–Crippen MR) is 107 cm³/mol. The van der Waals surface area contributed by atoms with E-state index in [1.54, 1.807) is 17.5 Å². The average molecular weight is 402 g/mol. The molecule has 1 saturated heterocycles. The van der Waals surface area contributed by atoms with Crippen LogP contribution in [0.25, 0.3) is 10.6 Å². The molecule has 0 unspecified atom stereocenters. The third kappa shape index (κ3) is 3.82. The molecule has 4 rings (SSSR count). The lowest BCUT2D eigenvalue weighted by Gasteiger charge is -2.36. The standard InChI is InChI=1S/C20H17ClFN3OS/c21-16-3-1-2-4-18(16)24-9-11-25(12-10-24)20(26)17-13-27-19(23-17)14-5-7-15(22)8-6-14/h1-8,13H,9-12H2. The second kappa shape index (κ2) is 7.66. The summed E-state index contributed by atoms with van der Waals surface area (Å²) in [6.45, 7) is 2.69. The number of amides is 1. The molecule has 1 amide bonds. The van der Waals surface area contributed by atoms with Crippen LogP contribution >= 0.6 is 22.9 Å². The highest BCUT2D eigenvalue weighted by Crippen LogP contribution is 2.27. The molecule has 2 aromatic carbocycles. The third-order valence-corrected chi connectivity index (χ3v) is 5.79. The Kier molecular flexibility index (Phi) is 5.09. The molecule has 3 aromatic rings. The molecular weight excluding hydrogens is 385 g/mol. The van der Waals surface area contributed by atoms with E-state index in [2.05, 4.69) is 9.88 Å². The molecule has 1 aliphatic heterocycles. The van der Waals surface area contributed by atoms with Crippen LogP contribution in [0, 0.1) is 5.82 Å². The fourth-order valence-corrected chi connectivity index (χ4v) is 4.17. The van der Waals surface area contributed by atoms with Gasteiger partial charge in [0, 0.05) is 37.1 Å². The number of hydrogen-bond donors (Lipinski definition) is 0. The number of carbonyl (C=O) groups excluding carboxylic acids is 1. The molecule has 0 bridgehead atoms. The van der Waals surface area contributed by atoms with Gasteiger partial charge in [-0.05, 0) is 36.4 Å². The van der Waals surface area contributed by atoms with Crippen LogP contribution in [0.5, 0.6) is 0 Å². The zero-order valence-electron chi connectivity index (χ0n) is 14.4. The molecule has 1 fully saturated rings. The molecule has 27 heavy (non-hydrogen) atoms. The maximum atomic E-state index is 13.1. The van der Waals surface area contributed by atoms with E-state index in [1.807, 2.05) is 29.2 Å². The van der Waals surface area contributed by atoms with Gasteiger partial charge in [0.25, 0.3) is 5.91 Å². The summed E-state index contributed by atoms with van der Waals surface area (Å²) < 4.78 is 13.1. The second-order valence-electron chi connectivity index (χ2n) is 6.28. The number of nitrogens with zero attached hydrogens (tertiary/aromatic N) is 3. The van der Waals surface area contributed by atoms with Crippen molar-refractivity contribution in [2.75, 3.05) is 31.1 Å². The number of thiazole rings is 1. The molecule has 0 spiro atoms. The van der Waals surface area contributed by atoms with E-state index >= 15 is 0 Å². The van der Waals surface area contributed by atoms with Crippen LogP contribution in [-0.2, 0) is 0 Å². The van der Waals surface area contributed by atoms with E-state index in [-0.39, 0.29) is 11.7 Å². The summed E-state index contributed by atoms with van der Waals surface area (Å²) in [5, 5.41) is 3.20. The molecule has 2 heterocycles. The zero-order chi connectivity index (χ0) is 18.8. The summed E-state index contributed by atoms with van der Waals surface area (Å²) in [5.74, 6) is -0.360. The summed E-state index contributed by atoms with van der Waals surface area (Å²) >= 11 is 7.66. The SMILES string of the molecule is O=C(c1csc(-c2ccc(F)cc2)n1)N1CCN(c2ccccc2Cl)CC1. The van der Waals surface area contributed by atoms with Crippen LogP contribution in [0.3, 0.4) is 0 Å². The van der Waals surface area contributed by atoms with Gasteiger partial charge in [0.05, 0.1) is 10.7 Å². The fraction of sp³-hybridized carbons (Fsp3) is 0.200. The number of benzene rings is 2. The van der Waals surface area contributed by atoms with Crippen LogP contribution in [0.1, 0.15) is 10.5 Å². The first-order chi connectivity index (χ1) is 13.1. The van der Waals surface area contributed by atoms with Crippen molar-refractivity contribution < 1.29 is 9.18 Å². The molecule has 4 nitrogen and oxygen atoms in total. The lowest BCUT2D eigenvalue weighted by atomic mass is 10.2. The molecule has 7 heteroatoms. The van der Waals surface area contributed by atoms with Gasteiger partial charge in [-0.1, -0.05) is 23.7 Å². The molecule has 138 valence electrons. The number of para-hydroxylation sites is 1. The highest BCUT2D eigenvalue weighted by molar-refractivity contribution is 7.13. The lowest BCUT2D eigenvalue weighted by Crippen LogP contribution is -2.49. The Labute approximate surface area is 165 Å². The van der Waals surface area contributed by atoms with Crippen LogP contribution < -0.4 is 4.90 Å². The van der Waals surface area contributed by atoms with Gasteiger partial charge in [0.2, 0.25) is 0 Å². The molecule has 0 N–H and O–H groups in total. The zero-order valence-corrected chi connectivity index (χ0v) is 16.0. The monoisotopic (exact) mass is 401 g/mol. The predicted octanol–water partition coefficient (Wildman–Crippen LogP) is 4.57. The summed E-state index contributed by atoms with van der Waals surface area (Å²) in [7, 11) is 0. The van der Waals surface area contributed by atoms with E-state index in [0.717, 1.165) is 29.4 Å². The summed E-state index contributed by atoms with van der Waals surface area (Å²) in [4.78, 5) is 21.2. The normalized spacial score (nSPS) is 14.4. The van der Waals surface area contributed by atoms with Crippen LogP contribution in [0.4, 0.5) is 10.1 Å². The Morgan fingerprint density at radius 2 is 1.74 bits per heavy atom. The van der Waals surface area contributed by atoms with E-state index in [1.165, 1.54) is 23.5 Å². The smallest absolute Gasteiger partial charge is 0.273 e. The first-order valence-electron chi connectivity index (χ1n) is 8.62. The molecule has 1 aromatic heterocycles. The number of piperazine rings is 1. The highest BCUT2D eigenvalue weighted by Gasteiger charge is 2.24. The number of hydrogen-bond acceptors (Lipinski definition) is 4. The first-order valence-corrected chi connectivity index (χ1v) is 9.88. The Balaban J connectivity index is 1.43. The minimum atomic E-state index is -0.289. The van der Waals surface area contributed by atoms with Gasteiger partial charge in [-0.2, -0.15) is 0 Å². The number of carbonyl (C=O) groups is 1. The minimum absolute atomic E-state index is 0.0709. The van der Waals surface area contributed by atoms with E-state index < -0.39 is 0 Å². The quantitative estimate of drug-likeness (QED) is 0.645. The number of rotatable bonds is 3. The van der Waals surface area contributed by atoms with Crippen LogP contribution in [0.15, 0.2) is 53.9 Å². The summed E-state index contributed by atoms with van der Waals surface area (Å²) in [6.07, 6.45) is 0. The van der Waals surface area contributed by atoms with E-state index in [4.69, 9.17) is 11.6 Å². The Hall–Kier alpha value is -2.44. The minimum Gasteiger partial charge on any atom is -0.367 e. The molecule has 1 aliphatic rings. The fourth-order valence-electron chi connectivity index (χ4n) is 3.12. The van der Waals surface area contributed by atoms with Crippen molar-refractivity contribution in [1.82, 2.24) is 9.88 Å². The Bertz CT molecular complexity index is 952. The Morgan fingerprint density at radius 3 is 2.44 bits per heavy atom. The van der Waals surface area contributed by atoms with E-state index in [9.17, 15) is 9.18 Å². The van der Waals surface area contributed by atoms with Gasteiger partial charge in [-0.25, -0.2) is 9.37 Å². The van der Waals surface area contributed by atoms with Gasteiger partial charge in [-0.3, -0.25) is 4.79 Å². The van der Waals surface area contributed by atoms with Crippen LogP contribution in [0.2, 0.25) is 5.02 Å². The number of aromatic nitrogens is 1. The first kappa shape index (κ1) is 17.9. The van der Waals surface area contributed by atoms with Crippen molar-refractivity contribution in [2.45, 2.75) is 0 Å². The van der Waals surface area contributed by atoms with E-state index in [0.29, 0.717) is 23.8 Å². The third-order valence-electron chi connectivity index (χ3n) is 4.57. The van der Waals surface area contributed by atoms with Crippen molar-refractivity contribution >= 4 is 34.5 Å². The largest absolute Gasteiger partial charge is 0.367 e. The summed E-state index contributed by atoms with van der Waals surface area (Å²) in [6, 6.07) is 13.9. The van der Waals surface area contributed by atoms with Crippen molar-refractivity contribution in [3.8, 4) is 10.6 Å². The molecular formula is C20H17ClFN3OS. The van der Waals surface area contributed by atoms with Crippen LogP contribution in [-0.4, -0.2) is 42.0 Å². The van der Waals surface area contributed by atoms with Crippen molar-refractivity contribution in [2.24, 2.45) is 0 Å².